The molecule has 32 heavy (non-hydrogen) atoms. The van der Waals surface area contributed by atoms with E-state index in [2.05, 4.69) is 4.98 Å². The Hall–Kier alpha value is -2.75. The number of aromatic hydroxyl groups is 1. The van der Waals surface area contributed by atoms with Crippen molar-refractivity contribution in [3.8, 4) is 16.3 Å². The van der Waals surface area contributed by atoms with Gasteiger partial charge in [-0.3, -0.25) is 9.59 Å². The van der Waals surface area contributed by atoms with Crippen molar-refractivity contribution in [3.63, 3.8) is 0 Å². The normalized spacial score (nSPS) is 22.2. The standard InChI is InChI=1S/C22H19ClFN3O4S/c1-11-9-31-22(2)10-26-8-14(18(28)19(29)17(26)21(30)27(11)22)20-25-7-13(32-20)6-12-4-3-5-15(23)16(12)24/h3-5,7-8,11,29H,6,9-10H2,1-2H3/t11-,22+/m0/s1. The number of nitrogens with zero attached hydrogens (tertiary/aromatic N) is 3. The Morgan fingerprint density at radius 2 is 2.19 bits per heavy atom. The highest BCUT2D eigenvalue weighted by Crippen LogP contribution is 2.38. The first-order chi connectivity index (χ1) is 15.2. The smallest absolute Gasteiger partial charge is 0.277 e. The minimum absolute atomic E-state index is 0.0424. The van der Waals surface area contributed by atoms with Crippen LogP contribution in [-0.2, 0) is 17.7 Å². The van der Waals surface area contributed by atoms with Gasteiger partial charge in [0, 0.05) is 23.7 Å². The van der Waals surface area contributed by atoms with Crippen molar-refractivity contribution in [1.29, 1.82) is 0 Å². The van der Waals surface area contributed by atoms with Crippen LogP contribution in [0.4, 0.5) is 4.39 Å². The molecule has 0 radical (unpaired) electrons. The second kappa shape index (κ2) is 7.40. The van der Waals surface area contributed by atoms with Gasteiger partial charge in [0.15, 0.2) is 17.2 Å². The topological polar surface area (TPSA) is 84.7 Å². The summed E-state index contributed by atoms with van der Waals surface area (Å²) in [5.41, 5.74) is -0.989. The number of carbonyl (C=O) groups excluding carboxylic acids is 1. The van der Waals surface area contributed by atoms with Gasteiger partial charge < -0.3 is 19.3 Å². The zero-order valence-corrected chi connectivity index (χ0v) is 18.8. The molecule has 1 amide bonds. The van der Waals surface area contributed by atoms with Gasteiger partial charge in [0.25, 0.3) is 5.91 Å². The van der Waals surface area contributed by atoms with Gasteiger partial charge in [-0.15, -0.1) is 11.3 Å². The van der Waals surface area contributed by atoms with Crippen LogP contribution < -0.4 is 5.43 Å². The molecule has 1 fully saturated rings. The maximum atomic E-state index is 14.2. The number of carbonyl (C=O) groups is 1. The number of rotatable bonds is 3. The Kier molecular flexibility index (Phi) is 4.88. The highest BCUT2D eigenvalue weighted by molar-refractivity contribution is 7.15. The minimum atomic E-state index is -0.861. The average Bonchev–Trinajstić information content (AvgIpc) is 3.32. The predicted molar refractivity (Wildman–Crippen MR) is 118 cm³/mol. The van der Waals surface area contributed by atoms with Crippen LogP contribution in [0.5, 0.6) is 5.75 Å². The monoisotopic (exact) mass is 475 g/mol. The molecule has 1 saturated heterocycles. The largest absolute Gasteiger partial charge is 0.503 e. The lowest BCUT2D eigenvalue weighted by molar-refractivity contribution is -0.0751. The summed E-state index contributed by atoms with van der Waals surface area (Å²) < 4.78 is 21.7. The van der Waals surface area contributed by atoms with E-state index in [1.54, 1.807) is 27.8 Å². The molecule has 4 heterocycles. The van der Waals surface area contributed by atoms with E-state index >= 15 is 0 Å². The van der Waals surface area contributed by atoms with Crippen LogP contribution in [0.2, 0.25) is 5.02 Å². The fraction of sp³-hybridized carbons (Fsp3) is 0.318. The molecule has 7 nitrogen and oxygen atoms in total. The second-order valence-corrected chi connectivity index (χ2v) is 9.75. The third-order valence-corrected chi connectivity index (χ3v) is 7.23. The summed E-state index contributed by atoms with van der Waals surface area (Å²) in [6.45, 7) is 4.32. The Morgan fingerprint density at radius 3 is 2.97 bits per heavy atom. The SMILES string of the molecule is C[C@H]1CO[C@]2(C)Cn3cc(-c4ncc(Cc5cccc(Cl)c5F)s4)c(=O)c(O)c3C(=O)N12. The summed E-state index contributed by atoms with van der Waals surface area (Å²) in [4.78, 5) is 32.6. The number of hydrogen-bond donors (Lipinski definition) is 1. The van der Waals surface area contributed by atoms with Crippen LogP contribution in [0, 0.1) is 5.82 Å². The number of thiazole rings is 1. The number of halogens is 2. The number of fused-ring (bicyclic) bond motifs is 2. The molecule has 2 aromatic heterocycles. The molecule has 10 heteroatoms. The van der Waals surface area contributed by atoms with E-state index in [4.69, 9.17) is 16.3 Å². The van der Waals surface area contributed by atoms with Crippen LogP contribution >= 0.6 is 22.9 Å². The zero-order valence-electron chi connectivity index (χ0n) is 17.3. The number of benzene rings is 1. The molecule has 2 aliphatic rings. The fourth-order valence-electron chi connectivity index (χ4n) is 4.42. The molecule has 0 unspecified atom stereocenters. The third kappa shape index (κ3) is 3.15. The summed E-state index contributed by atoms with van der Waals surface area (Å²) in [6, 6.07) is 4.63. The van der Waals surface area contributed by atoms with E-state index in [0.717, 1.165) is 4.88 Å². The summed E-state index contributed by atoms with van der Waals surface area (Å²) in [7, 11) is 0. The Balaban J connectivity index is 1.54. The molecule has 5 rings (SSSR count). The quantitative estimate of drug-likeness (QED) is 0.625. The summed E-state index contributed by atoms with van der Waals surface area (Å²) >= 11 is 7.07. The number of ether oxygens (including phenoxy) is 1. The molecule has 2 atom stereocenters. The summed E-state index contributed by atoms with van der Waals surface area (Å²) in [5, 5.41) is 11.1. The van der Waals surface area contributed by atoms with Crippen LogP contribution in [0.15, 0.2) is 35.4 Å². The Labute approximate surface area is 191 Å². The fourth-order valence-corrected chi connectivity index (χ4v) is 5.55. The van der Waals surface area contributed by atoms with Gasteiger partial charge >= 0.3 is 0 Å². The first-order valence-electron chi connectivity index (χ1n) is 10.0. The molecule has 0 saturated carbocycles. The molecule has 1 N–H and O–H groups in total. The molecule has 3 aromatic rings. The maximum absolute atomic E-state index is 14.2. The highest BCUT2D eigenvalue weighted by atomic mass is 35.5. The van der Waals surface area contributed by atoms with Crippen molar-refractivity contribution < 1.29 is 19.0 Å². The third-order valence-electron chi connectivity index (χ3n) is 5.91. The Morgan fingerprint density at radius 1 is 1.41 bits per heavy atom. The molecule has 2 aliphatic heterocycles. The van der Waals surface area contributed by atoms with Gasteiger partial charge in [-0.25, -0.2) is 9.37 Å². The highest BCUT2D eigenvalue weighted by Gasteiger charge is 2.50. The lowest BCUT2D eigenvalue weighted by Gasteiger charge is -2.41. The second-order valence-electron chi connectivity index (χ2n) is 8.23. The van der Waals surface area contributed by atoms with Gasteiger partial charge in [0.1, 0.15) is 10.8 Å². The molecule has 0 bridgehead atoms. The van der Waals surface area contributed by atoms with Crippen molar-refractivity contribution in [2.24, 2.45) is 0 Å². The average molecular weight is 476 g/mol. The number of amides is 1. The Bertz CT molecular complexity index is 1320. The van der Waals surface area contributed by atoms with E-state index in [-0.39, 0.29) is 35.3 Å². The first kappa shape index (κ1) is 21.1. The number of pyridine rings is 1. The van der Waals surface area contributed by atoms with Gasteiger partial charge in [-0.05, 0) is 25.5 Å². The van der Waals surface area contributed by atoms with Crippen molar-refractivity contribution in [1.82, 2.24) is 14.5 Å². The molecule has 0 aliphatic carbocycles. The van der Waals surface area contributed by atoms with Gasteiger partial charge in [-0.1, -0.05) is 23.7 Å². The predicted octanol–water partition coefficient (Wildman–Crippen LogP) is 3.65. The van der Waals surface area contributed by atoms with E-state index < -0.39 is 28.6 Å². The molecular weight excluding hydrogens is 457 g/mol. The van der Waals surface area contributed by atoms with Crippen molar-refractivity contribution in [3.05, 3.63) is 67.8 Å². The van der Waals surface area contributed by atoms with Crippen molar-refractivity contribution in [2.75, 3.05) is 6.61 Å². The summed E-state index contributed by atoms with van der Waals surface area (Å²) in [5.74, 6) is -1.54. The maximum Gasteiger partial charge on any atom is 0.277 e. The van der Waals surface area contributed by atoms with Crippen LogP contribution in [0.25, 0.3) is 10.6 Å². The van der Waals surface area contributed by atoms with Crippen molar-refractivity contribution in [2.45, 2.75) is 38.6 Å². The molecule has 166 valence electrons. The van der Waals surface area contributed by atoms with Crippen LogP contribution in [-0.4, -0.2) is 43.8 Å². The zero-order chi connectivity index (χ0) is 22.8. The van der Waals surface area contributed by atoms with E-state index in [0.29, 0.717) is 17.2 Å². The minimum Gasteiger partial charge on any atom is -0.503 e. The van der Waals surface area contributed by atoms with E-state index in [9.17, 15) is 19.1 Å². The molecule has 0 spiro atoms. The van der Waals surface area contributed by atoms with Gasteiger partial charge in [-0.2, -0.15) is 0 Å². The van der Waals surface area contributed by atoms with Crippen LogP contribution in [0.3, 0.4) is 0 Å². The molecule has 1 aromatic carbocycles. The van der Waals surface area contributed by atoms with Crippen molar-refractivity contribution >= 4 is 28.8 Å². The number of aromatic nitrogens is 2. The van der Waals surface area contributed by atoms with Gasteiger partial charge in [0.05, 0.1) is 29.8 Å². The van der Waals surface area contributed by atoms with E-state index in [1.807, 2.05) is 13.8 Å². The molecular formula is C22H19ClFN3O4S. The lowest BCUT2D eigenvalue weighted by atomic mass is 10.1. The first-order valence-corrected chi connectivity index (χ1v) is 11.2. The lowest BCUT2D eigenvalue weighted by Crippen LogP contribution is -2.56. The summed E-state index contributed by atoms with van der Waals surface area (Å²) in [6.07, 6.45) is 3.36. The van der Waals surface area contributed by atoms with Gasteiger partial charge in [0.2, 0.25) is 5.43 Å². The van der Waals surface area contributed by atoms with E-state index in [1.165, 1.54) is 23.6 Å². The number of hydrogen-bond acceptors (Lipinski definition) is 6. The van der Waals surface area contributed by atoms with Crippen LogP contribution in [0.1, 0.15) is 34.8 Å².